The van der Waals surface area contributed by atoms with Crippen molar-refractivity contribution in [1.29, 1.82) is 0 Å². The van der Waals surface area contributed by atoms with Crippen LogP contribution in [0.15, 0.2) is 27.4 Å². The molecule has 18 heavy (non-hydrogen) atoms. The predicted octanol–water partition coefficient (Wildman–Crippen LogP) is 0.906. The van der Waals surface area contributed by atoms with Gasteiger partial charge in [-0.05, 0) is 31.5 Å². The number of rotatable bonds is 3. The topological polar surface area (TPSA) is 92.7 Å². The average Bonchev–Trinajstić information content (AvgIpc) is 2.63. The molecule has 96 valence electrons. The Hall–Kier alpha value is -2.08. The van der Waals surface area contributed by atoms with Crippen LogP contribution in [0.1, 0.15) is 19.4 Å². The van der Waals surface area contributed by atoms with Crippen molar-refractivity contribution < 1.29 is 19.4 Å². The van der Waals surface area contributed by atoms with Crippen LogP contribution < -0.4 is 5.76 Å². The van der Waals surface area contributed by atoms with Gasteiger partial charge in [-0.15, -0.1) is 0 Å². The Morgan fingerprint density at radius 2 is 2.11 bits per heavy atom. The van der Waals surface area contributed by atoms with Crippen LogP contribution in [0.25, 0.3) is 11.1 Å². The number of benzene rings is 1. The molecule has 0 aliphatic carbocycles. The van der Waals surface area contributed by atoms with E-state index in [9.17, 15) is 9.59 Å². The van der Waals surface area contributed by atoms with Gasteiger partial charge >= 0.3 is 11.7 Å². The minimum absolute atomic E-state index is 0.173. The van der Waals surface area contributed by atoms with Crippen LogP contribution in [0, 0.1) is 0 Å². The molecule has 0 fully saturated rings. The van der Waals surface area contributed by atoms with Gasteiger partial charge in [0.25, 0.3) is 0 Å². The highest BCUT2D eigenvalue weighted by Gasteiger charge is 2.33. The van der Waals surface area contributed by atoms with Crippen LogP contribution >= 0.6 is 0 Å². The van der Waals surface area contributed by atoms with Crippen LogP contribution in [0.2, 0.25) is 0 Å². The molecule has 0 unspecified atom stereocenters. The van der Waals surface area contributed by atoms with Crippen molar-refractivity contribution in [2.75, 3.05) is 0 Å². The maximum absolute atomic E-state index is 11.8. The van der Waals surface area contributed by atoms with Gasteiger partial charge in [-0.2, -0.15) is 0 Å². The summed E-state index contributed by atoms with van der Waals surface area (Å²) in [4.78, 5) is 23.0. The van der Waals surface area contributed by atoms with E-state index in [-0.39, 0.29) is 12.2 Å². The van der Waals surface area contributed by atoms with Crippen molar-refractivity contribution in [3.8, 4) is 0 Å². The number of nitrogens with zero attached hydrogens (tertiary/aromatic N) is 1. The lowest BCUT2D eigenvalue weighted by Gasteiger charge is -2.20. The molecule has 0 spiro atoms. The van der Waals surface area contributed by atoms with Crippen molar-refractivity contribution in [3.63, 3.8) is 0 Å². The van der Waals surface area contributed by atoms with Crippen LogP contribution in [0.3, 0.4) is 0 Å². The second kappa shape index (κ2) is 3.99. The number of aromatic nitrogens is 1. The normalized spacial score (nSPS) is 11.9. The van der Waals surface area contributed by atoms with E-state index < -0.39 is 17.3 Å². The van der Waals surface area contributed by atoms with Crippen LogP contribution in [0.4, 0.5) is 0 Å². The molecule has 0 aliphatic heterocycles. The van der Waals surface area contributed by atoms with Crippen molar-refractivity contribution >= 4 is 17.1 Å². The molecule has 1 aromatic carbocycles. The van der Waals surface area contributed by atoms with Gasteiger partial charge in [0, 0.05) is 0 Å². The van der Waals surface area contributed by atoms with E-state index in [0.717, 1.165) is 4.57 Å². The summed E-state index contributed by atoms with van der Waals surface area (Å²) in [5, 5.41) is 18.2. The minimum Gasteiger partial charge on any atom is -0.480 e. The van der Waals surface area contributed by atoms with Gasteiger partial charge in [0.05, 0.1) is 12.1 Å². The van der Waals surface area contributed by atoms with E-state index in [1.807, 2.05) is 0 Å². The zero-order valence-corrected chi connectivity index (χ0v) is 10.0. The molecule has 0 saturated carbocycles. The van der Waals surface area contributed by atoms with Gasteiger partial charge in [0.1, 0.15) is 5.54 Å². The average molecular weight is 251 g/mol. The lowest BCUT2D eigenvalue weighted by Crippen LogP contribution is -2.40. The molecule has 0 saturated heterocycles. The fraction of sp³-hybridized carbons (Fsp3) is 0.333. The van der Waals surface area contributed by atoms with Gasteiger partial charge in [-0.1, -0.05) is 6.07 Å². The summed E-state index contributed by atoms with van der Waals surface area (Å²) in [5.41, 5.74) is -0.148. The fourth-order valence-corrected chi connectivity index (χ4v) is 1.79. The van der Waals surface area contributed by atoms with Crippen LogP contribution in [-0.4, -0.2) is 20.7 Å². The first-order chi connectivity index (χ1) is 8.37. The highest BCUT2D eigenvalue weighted by Crippen LogP contribution is 2.22. The first-order valence-electron chi connectivity index (χ1n) is 5.37. The Bertz CT molecular complexity index is 665. The van der Waals surface area contributed by atoms with E-state index in [1.54, 1.807) is 12.1 Å². The molecule has 1 aromatic heterocycles. The molecule has 0 radical (unpaired) electrons. The van der Waals surface area contributed by atoms with Gasteiger partial charge in [0.15, 0.2) is 5.58 Å². The Balaban J connectivity index is 2.77. The number of carboxylic acids is 1. The van der Waals surface area contributed by atoms with Crippen molar-refractivity contribution in [2.45, 2.75) is 26.0 Å². The Labute approximate surface area is 102 Å². The summed E-state index contributed by atoms with van der Waals surface area (Å²) in [7, 11) is 0. The number of carbonyl (C=O) groups is 1. The molecule has 0 bridgehead atoms. The van der Waals surface area contributed by atoms with E-state index >= 15 is 0 Å². The maximum atomic E-state index is 11.8. The third-order valence-electron chi connectivity index (χ3n) is 2.91. The molecule has 6 heteroatoms. The predicted molar refractivity (Wildman–Crippen MR) is 63.4 cm³/mol. The summed E-state index contributed by atoms with van der Waals surface area (Å²) in [6.07, 6.45) is 0. The van der Waals surface area contributed by atoms with E-state index in [4.69, 9.17) is 14.6 Å². The monoisotopic (exact) mass is 251 g/mol. The van der Waals surface area contributed by atoms with E-state index in [0.29, 0.717) is 11.1 Å². The lowest BCUT2D eigenvalue weighted by atomic mass is 10.1. The lowest BCUT2D eigenvalue weighted by molar-refractivity contribution is -0.145. The zero-order chi connectivity index (χ0) is 13.5. The third-order valence-corrected chi connectivity index (χ3v) is 2.91. The molecule has 1 heterocycles. The number of aliphatic hydroxyl groups is 1. The molecule has 0 aliphatic rings. The Morgan fingerprint density at radius 1 is 1.44 bits per heavy atom. The molecule has 0 amide bonds. The third kappa shape index (κ3) is 1.70. The number of oxazole rings is 1. The van der Waals surface area contributed by atoms with E-state index in [1.165, 1.54) is 19.9 Å². The van der Waals surface area contributed by atoms with Crippen molar-refractivity contribution in [1.82, 2.24) is 4.57 Å². The quantitative estimate of drug-likeness (QED) is 0.845. The molecule has 2 aromatic rings. The summed E-state index contributed by atoms with van der Waals surface area (Å²) >= 11 is 0. The van der Waals surface area contributed by atoms with E-state index in [2.05, 4.69) is 0 Å². The van der Waals surface area contributed by atoms with Crippen molar-refractivity contribution in [2.24, 2.45) is 0 Å². The molecule has 2 N–H and O–H groups in total. The number of fused-ring (bicyclic) bond motifs is 1. The SMILES string of the molecule is CC(C)(C(=O)O)n1c(=O)oc2cc(CO)ccc21. The summed E-state index contributed by atoms with van der Waals surface area (Å²) < 4.78 is 6.10. The zero-order valence-electron chi connectivity index (χ0n) is 10.0. The standard InChI is InChI=1S/C12H13NO5/c1-12(2,10(15)16)13-8-4-3-7(6-14)5-9(8)18-11(13)17/h3-5,14H,6H2,1-2H3,(H,15,16). The van der Waals surface area contributed by atoms with Crippen LogP contribution in [0.5, 0.6) is 0 Å². The minimum atomic E-state index is -1.40. The van der Waals surface area contributed by atoms with Gasteiger partial charge in [0.2, 0.25) is 0 Å². The smallest absolute Gasteiger partial charge is 0.420 e. The number of aliphatic hydroxyl groups excluding tert-OH is 1. The molecule has 6 nitrogen and oxygen atoms in total. The summed E-state index contributed by atoms with van der Waals surface area (Å²) in [6.45, 7) is 2.67. The summed E-state index contributed by atoms with van der Waals surface area (Å²) in [6, 6.07) is 4.70. The highest BCUT2D eigenvalue weighted by molar-refractivity contribution is 5.81. The van der Waals surface area contributed by atoms with Crippen molar-refractivity contribution in [3.05, 3.63) is 34.3 Å². The van der Waals surface area contributed by atoms with Gasteiger partial charge < -0.3 is 14.6 Å². The fourth-order valence-electron chi connectivity index (χ4n) is 1.79. The number of hydrogen-bond donors (Lipinski definition) is 2. The second-order valence-electron chi connectivity index (χ2n) is 4.53. The molecular weight excluding hydrogens is 238 g/mol. The van der Waals surface area contributed by atoms with Crippen LogP contribution in [-0.2, 0) is 16.9 Å². The first kappa shape index (κ1) is 12.4. The number of aliphatic carboxylic acids is 1. The second-order valence-corrected chi connectivity index (χ2v) is 4.53. The largest absolute Gasteiger partial charge is 0.480 e. The van der Waals surface area contributed by atoms with Gasteiger partial charge in [-0.25, -0.2) is 9.59 Å². The molecule has 2 rings (SSSR count). The Kier molecular flexibility index (Phi) is 2.74. The highest BCUT2D eigenvalue weighted by atomic mass is 16.4. The maximum Gasteiger partial charge on any atom is 0.420 e. The molecule has 0 atom stereocenters. The van der Waals surface area contributed by atoms with Gasteiger partial charge in [-0.3, -0.25) is 4.57 Å². The first-order valence-corrected chi connectivity index (χ1v) is 5.37. The number of hydrogen-bond acceptors (Lipinski definition) is 4. The Morgan fingerprint density at radius 3 is 2.67 bits per heavy atom. The number of carboxylic acid groups (broad SMARTS) is 1. The molecular formula is C12H13NO5. The summed E-state index contributed by atoms with van der Waals surface area (Å²) in [5.74, 6) is -1.86.